The van der Waals surface area contributed by atoms with Crippen molar-refractivity contribution >= 4 is 11.8 Å². The zero-order valence-corrected chi connectivity index (χ0v) is 13.2. The largest absolute Gasteiger partial charge is 0.391 e. The van der Waals surface area contributed by atoms with Gasteiger partial charge in [-0.1, -0.05) is 19.4 Å². The Morgan fingerprint density at radius 3 is 2.91 bits per heavy atom. The lowest BCUT2D eigenvalue weighted by Gasteiger charge is -2.10. The van der Waals surface area contributed by atoms with E-state index in [1.165, 1.54) is 12.1 Å². The van der Waals surface area contributed by atoms with Crippen LogP contribution >= 0.6 is 0 Å². The maximum Gasteiger partial charge on any atom is 0.320 e. The Labute approximate surface area is 134 Å². The van der Waals surface area contributed by atoms with Crippen LogP contribution in [0.2, 0.25) is 0 Å². The lowest BCUT2D eigenvalue weighted by molar-refractivity contribution is 0.162. The van der Waals surface area contributed by atoms with Gasteiger partial charge in [0.1, 0.15) is 5.82 Å². The van der Waals surface area contributed by atoms with E-state index in [9.17, 15) is 14.3 Å². The summed E-state index contributed by atoms with van der Waals surface area (Å²) in [7, 11) is 0. The van der Waals surface area contributed by atoms with E-state index in [-0.39, 0.29) is 12.4 Å². The molecule has 124 valence electrons. The first-order valence-electron chi connectivity index (χ1n) is 7.55. The molecule has 0 fully saturated rings. The molecule has 1 aromatic heterocycles. The van der Waals surface area contributed by atoms with E-state index in [2.05, 4.69) is 15.7 Å². The van der Waals surface area contributed by atoms with Crippen molar-refractivity contribution < 1.29 is 14.3 Å². The van der Waals surface area contributed by atoms with Gasteiger partial charge < -0.3 is 10.4 Å². The number of anilines is 1. The molecule has 0 aliphatic rings. The highest BCUT2D eigenvalue weighted by molar-refractivity contribution is 5.88. The molecule has 2 rings (SSSR count). The van der Waals surface area contributed by atoms with E-state index in [0.717, 1.165) is 12.1 Å². The normalized spacial score (nSPS) is 12.0. The average Bonchev–Trinajstić information content (AvgIpc) is 2.86. The molecule has 0 aliphatic heterocycles. The Bertz CT molecular complexity index is 672. The van der Waals surface area contributed by atoms with Crippen molar-refractivity contribution in [2.45, 2.75) is 32.8 Å². The van der Waals surface area contributed by atoms with E-state index in [1.807, 2.05) is 13.8 Å². The molecule has 6 nitrogen and oxygen atoms in total. The molecule has 0 saturated carbocycles. The van der Waals surface area contributed by atoms with Crippen LogP contribution in [0.15, 0.2) is 30.3 Å². The standard InChI is InChI=1S/C16H21FN4O2/c1-3-5-14(22)10-18-16(23)19-15-8-11(2)21(20-15)13-7-4-6-12(17)9-13/h4,6-9,14,22H,3,5,10H2,1-2H3,(H2,18,19,20,23). The van der Waals surface area contributed by atoms with Gasteiger partial charge in [0.15, 0.2) is 5.82 Å². The number of aromatic nitrogens is 2. The van der Waals surface area contributed by atoms with Gasteiger partial charge in [-0.3, -0.25) is 5.32 Å². The van der Waals surface area contributed by atoms with Crippen molar-refractivity contribution in [3.8, 4) is 5.69 Å². The smallest absolute Gasteiger partial charge is 0.320 e. The number of rotatable bonds is 6. The molecule has 3 N–H and O–H groups in total. The van der Waals surface area contributed by atoms with E-state index in [1.54, 1.807) is 22.9 Å². The highest BCUT2D eigenvalue weighted by Crippen LogP contribution is 2.15. The lowest BCUT2D eigenvalue weighted by atomic mass is 10.2. The fraction of sp³-hybridized carbons (Fsp3) is 0.375. The molecular formula is C16H21FN4O2. The number of aliphatic hydroxyl groups is 1. The molecule has 1 heterocycles. The summed E-state index contributed by atoms with van der Waals surface area (Å²) in [5.74, 6) is 0.00352. The first kappa shape index (κ1) is 17.0. The first-order valence-corrected chi connectivity index (χ1v) is 7.55. The molecule has 1 aromatic carbocycles. The highest BCUT2D eigenvalue weighted by Gasteiger charge is 2.11. The molecule has 1 atom stereocenters. The van der Waals surface area contributed by atoms with Crippen LogP contribution in [0.4, 0.5) is 15.0 Å². The molecule has 7 heteroatoms. The predicted molar refractivity (Wildman–Crippen MR) is 86.2 cm³/mol. The lowest BCUT2D eigenvalue weighted by Crippen LogP contribution is -2.35. The predicted octanol–water partition coefficient (Wildman–Crippen LogP) is 2.60. The second-order valence-electron chi connectivity index (χ2n) is 5.34. The molecular weight excluding hydrogens is 299 g/mol. The fourth-order valence-corrected chi connectivity index (χ4v) is 2.21. The summed E-state index contributed by atoms with van der Waals surface area (Å²) in [4.78, 5) is 11.8. The van der Waals surface area contributed by atoms with Crippen LogP contribution in [0, 0.1) is 12.7 Å². The quantitative estimate of drug-likeness (QED) is 0.765. The maximum absolute atomic E-state index is 13.3. The number of carbonyl (C=O) groups excluding carboxylic acids is 1. The number of hydrogen-bond donors (Lipinski definition) is 3. The van der Waals surface area contributed by atoms with Crippen LogP contribution in [0.3, 0.4) is 0 Å². The van der Waals surface area contributed by atoms with Crippen molar-refractivity contribution in [3.05, 3.63) is 41.8 Å². The van der Waals surface area contributed by atoms with E-state index in [0.29, 0.717) is 17.9 Å². The van der Waals surface area contributed by atoms with Crippen LogP contribution in [-0.2, 0) is 0 Å². The van der Waals surface area contributed by atoms with Gasteiger partial charge in [-0.15, -0.1) is 5.10 Å². The summed E-state index contributed by atoms with van der Waals surface area (Å²) in [6.45, 7) is 3.96. The Morgan fingerprint density at radius 2 is 2.22 bits per heavy atom. The van der Waals surface area contributed by atoms with Gasteiger partial charge in [0.25, 0.3) is 0 Å². The Hall–Kier alpha value is -2.41. The molecule has 2 aromatic rings. The number of benzene rings is 1. The summed E-state index contributed by atoms with van der Waals surface area (Å²) in [6.07, 6.45) is 0.923. The Morgan fingerprint density at radius 1 is 1.43 bits per heavy atom. The Balaban J connectivity index is 1.99. The third-order valence-electron chi connectivity index (χ3n) is 3.30. The third-order valence-corrected chi connectivity index (χ3v) is 3.30. The summed E-state index contributed by atoms with van der Waals surface area (Å²) in [6, 6.07) is 7.30. The van der Waals surface area contributed by atoms with Crippen molar-refractivity contribution in [2.24, 2.45) is 0 Å². The minimum Gasteiger partial charge on any atom is -0.391 e. The van der Waals surface area contributed by atoms with Gasteiger partial charge in [-0.25, -0.2) is 13.9 Å². The van der Waals surface area contributed by atoms with Crippen LogP contribution < -0.4 is 10.6 Å². The Kier molecular flexibility index (Phi) is 5.70. The number of carbonyl (C=O) groups is 1. The molecule has 0 radical (unpaired) electrons. The number of urea groups is 1. The van der Waals surface area contributed by atoms with Crippen LogP contribution in [0.1, 0.15) is 25.5 Å². The second-order valence-corrected chi connectivity index (χ2v) is 5.34. The second kappa shape index (κ2) is 7.73. The van der Waals surface area contributed by atoms with Crippen molar-refractivity contribution in [2.75, 3.05) is 11.9 Å². The van der Waals surface area contributed by atoms with E-state index >= 15 is 0 Å². The number of halogens is 1. The first-order chi connectivity index (χ1) is 11.0. The van der Waals surface area contributed by atoms with Gasteiger partial charge in [0.2, 0.25) is 0 Å². The fourth-order valence-electron chi connectivity index (χ4n) is 2.21. The number of aryl methyl sites for hydroxylation is 1. The molecule has 0 spiro atoms. The minimum absolute atomic E-state index is 0.184. The third kappa shape index (κ3) is 4.79. The molecule has 0 bridgehead atoms. The number of aliphatic hydroxyl groups excluding tert-OH is 1. The van der Waals surface area contributed by atoms with Crippen LogP contribution in [-0.4, -0.2) is 33.6 Å². The topological polar surface area (TPSA) is 79.2 Å². The van der Waals surface area contributed by atoms with Crippen LogP contribution in [0.25, 0.3) is 5.69 Å². The molecule has 0 aliphatic carbocycles. The van der Waals surface area contributed by atoms with Gasteiger partial charge >= 0.3 is 6.03 Å². The molecule has 2 amide bonds. The van der Waals surface area contributed by atoms with Crippen molar-refractivity contribution in [1.29, 1.82) is 0 Å². The SMILES string of the molecule is CCCC(O)CNC(=O)Nc1cc(C)n(-c2cccc(F)c2)n1. The number of amides is 2. The van der Waals surface area contributed by atoms with Gasteiger partial charge in [0, 0.05) is 18.3 Å². The summed E-state index contributed by atoms with van der Waals surface area (Å²) < 4.78 is 14.8. The van der Waals surface area contributed by atoms with Gasteiger partial charge in [0.05, 0.1) is 11.8 Å². The van der Waals surface area contributed by atoms with Gasteiger partial charge in [-0.05, 0) is 31.5 Å². The molecule has 23 heavy (non-hydrogen) atoms. The zero-order chi connectivity index (χ0) is 16.8. The van der Waals surface area contributed by atoms with Crippen LogP contribution in [0.5, 0.6) is 0 Å². The maximum atomic E-state index is 13.3. The number of hydrogen-bond acceptors (Lipinski definition) is 3. The van der Waals surface area contributed by atoms with E-state index < -0.39 is 12.1 Å². The minimum atomic E-state index is -0.558. The number of nitrogens with zero attached hydrogens (tertiary/aromatic N) is 2. The molecule has 0 saturated heterocycles. The summed E-state index contributed by atoms with van der Waals surface area (Å²) >= 11 is 0. The van der Waals surface area contributed by atoms with Gasteiger partial charge in [-0.2, -0.15) is 0 Å². The summed E-state index contributed by atoms with van der Waals surface area (Å²) in [5, 5.41) is 19.0. The van der Waals surface area contributed by atoms with Crippen molar-refractivity contribution in [3.63, 3.8) is 0 Å². The molecule has 1 unspecified atom stereocenters. The van der Waals surface area contributed by atoms with E-state index in [4.69, 9.17) is 0 Å². The zero-order valence-electron chi connectivity index (χ0n) is 13.2. The summed E-state index contributed by atoms with van der Waals surface area (Å²) in [5.41, 5.74) is 1.34. The highest BCUT2D eigenvalue weighted by atomic mass is 19.1. The average molecular weight is 320 g/mol. The number of nitrogens with one attached hydrogen (secondary N) is 2. The monoisotopic (exact) mass is 320 g/mol. The van der Waals surface area contributed by atoms with Crippen molar-refractivity contribution in [1.82, 2.24) is 15.1 Å².